The van der Waals surface area contributed by atoms with Crippen LogP contribution in [0.2, 0.25) is 0 Å². The second-order valence-corrected chi connectivity index (χ2v) is 9.77. The second-order valence-electron chi connectivity index (χ2n) is 9.77. The van der Waals surface area contributed by atoms with E-state index in [1.165, 1.54) is 25.1 Å². The van der Waals surface area contributed by atoms with E-state index in [4.69, 9.17) is 14.2 Å². The maximum atomic E-state index is 13.1. The minimum atomic E-state index is -1.39. The third-order valence-electron chi connectivity index (χ3n) is 6.15. The van der Waals surface area contributed by atoms with Crippen LogP contribution in [0.4, 0.5) is 5.69 Å². The Morgan fingerprint density at radius 2 is 1.92 bits per heavy atom. The molecule has 0 bridgehead atoms. The Balaban J connectivity index is 2.26. The summed E-state index contributed by atoms with van der Waals surface area (Å²) in [5, 5.41) is 15.0. The normalized spacial score (nSPS) is 21.8. The van der Waals surface area contributed by atoms with Crippen molar-refractivity contribution in [3.63, 3.8) is 0 Å². The zero-order valence-electron chi connectivity index (χ0n) is 22.4. The van der Waals surface area contributed by atoms with E-state index >= 15 is 0 Å². The van der Waals surface area contributed by atoms with Gasteiger partial charge in [-0.3, -0.25) is 19.2 Å². The van der Waals surface area contributed by atoms with Crippen LogP contribution in [0.5, 0.6) is 5.75 Å². The Labute approximate surface area is 222 Å². The Kier molecular flexibility index (Phi) is 12.0. The van der Waals surface area contributed by atoms with E-state index in [0.717, 1.165) is 19.3 Å². The summed E-state index contributed by atoms with van der Waals surface area (Å²) in [5.74, 6) is -4.23. The number of aromatic hydroxyl groups is 1. The average Bonchev–Trinajstić information content (AvgIpc) is 2.88. The Morgan fingerprint density at radius 3 is 2.58 bits per heavy atom. The van der Waals surface area contributed by atoms with Gasteiger partial charge < -0.3 is 30.0 Å². The van der Waals surface area contributed by atoms with Gasteiger partial charge in [0.15, 0.2) is 17.9 Å². The number of anilines is 1. The van der Waals surface area contributed by atoms with Gasteiger partial charge in [-0.05, 0) is 31.4 Å². The van der Waals surface area contributed by atoms with Gasteiger partial charge in [0.1, 0.15) is 12.7 Å². The highest BCUT2D eigenvalue weighted by Crippen LogP contribution is 2.28. The van der Waals surface area contributed by atoms with Gasteiger partial charge in [0.25, 0.3) is 5.91 Å². The number of phenols is 1. The van der Waals surface area contributed by atoms with Crippen LogP contribution >= 0.6 is 0 Å². The highest BCUT2D eigenvalue weighted by molar-refractivity contribution is 6.01. The summed E-state index contributed by atoms with van der Waals surface area (Å²) in [6.45, 7) is 6.80. The van der Waals surface area contributed by atoms with Crippen LogP contribution in [-0.2, 0) is 33.4 Å². The monoisotopic (exact) mass is 534 g/mol. The molecule has 11 nitrogen and oxygen atoms in total. The standard InChI is InChI=1S/C27H38N2O9/c1-5-6-7-8-10-19-24(38-22(31)13-16(2)3)17(4)37-27(35)21(14-36-26(19)34)29-25(33)18-11-9-12-20(23(18)32)28-15-30/h9,11-12,15-17,19,21,24,32H,5-8,10,13-14H2,1-4H3,(H,28,30)(H,29,33)/t17-,19-,21-,24+/m0/s1. The number of carbonyl (C=O) groups excluding carboxylic acids is 5. The van der Waals surface area contributed by atoms with Crippen molar-refractivity contribution < 1.29 is 43.3 Å². The van der Waals surface area contributed by atoms with Gasteiger partial charge in [0.05, 0.1) is 17.2 Å². The summed E-state index contributed by atoms with van der Waals surface area (Å²) < 4.78 is 16.6. The van der Waals surface area contributed by atoms with E-state index in [2.05, 4.69) is 17.6 Å². The molecule has 2 amide bonds. The van der Waals surface area contributed by atoms with Gasteiger partial charge in [-0.15, -0.1) is 0 Å². The molecule has 0 aliphatic carbocycles. The number of hydrogen-bond acceptors (Lipinski definition) is 9. The number of carbonyl (C=O) groups is 5. The number of ether oxygens (including phenoxy) is 3. The van der Waals surface area contributed by atoms with Crippen LogP contribution in [0.3, 0.4) is 0 Å². The Morgan fingerprint density at radius 1 is 1.18 bits per heavy atom. The molecule has 1 aliphatic heterocycles. The molecule has 1 heterocycles. The van der Waals surface area contributed by atoms with Crippen LogP contribution in [0, 0.1) is 11.8 Å². The number of para-hydroxylation sites is 1. The first kappa shape index (κ1) is 30.6. The third-order valence-corrected chi connectivity index (χ3v) is 6.15. The van der Waals surface area contributed by atoms with Crippen LogP contribution in [0.25, 0.3) is 0 Å². The highest BCUT2D eigenvalue weighted by atomic mass is 16.6. The zero-order valence-corrected chi connectivity index (χ0v) is 22.4. The largest absolute Gasteiger partial charge is 0.505 e. The molecule has 1 fully saturated rings. The van der Waals surface area contributed by atoms with Crippen molar-refractivity contribution in [2.75, 3.05) is 11.9 Å². The fourth-order valence-corrected chi connectivity index (χ4v) is 4.16. The summed E-state index contributed by atoms with van der Waals surface area (Å²) in [6.07, 6.45) is 2.36. The highest BCUT2D eigenvalue weighted by Gasteiger charge is 2.41. The molecular weight excluding hydrogens is 496 g/mol. The molecule has 3 N–H and O–H groups in total. The molecule has 4 atom stereocenters. The number of benzene rings is 1. The second kappa shape index (κ2) is 14.9. The summed E-state index contributed by atoms with van der Waals surface area (Å²) in [4.78, 5) is 62.2. The summed E-state index contributed by atoms with van der Waals surface area (Å²) >= 11 is 0. The molecule has 38 heavy (non-hydrogen) atoms. The van der Waals surface area contributed by atoms with Gasteiger partial charge >= 0.3 is 17.9 Å². The Bertz CT molecular complexity index is 995. The number of cyclic esters (lactones) is 2. The lowest BCUT2D eigenvalue weighted by Gasteiger charge is -2.29. The van der Waals surface area contributed by atoms with Crippen LogP contribution < -0.4 is 10.6 Å². The van der Waals surface area contributed by atoms with Gasteiger partial charge in [-0.25, -0.2) is 4.79 Å². The van der Waals surface area contributed by atoms with Crippen molar-refractivity contribution in [3.8, 4) is 5.75 Å². The van der Waals surface area contributed by atoms with Crippen molar-refractivity contribution in [1.29, 1.82) is 0 Å². The van der Waals surface area contributed by atoms with E-state index < -0.39 is 60.3 Å². The number of nitrogens with one attached hydrogen (secondary N) is 2. The smallest absolute Gasteiger partial charge is 0.332 e. The maximum absolute atomic E-state index is 13.1. The van der Waals surface area contributed by atoms with E-state index in [0.29, 0.717) is 19.3 Å². The maximum Gasteiger partial charge on any atom is 0.332 e. The molecule has 0 spiro atoms. The van der Waals surface area contributed by atoms with Crippen LogP contribution in [0.1, 0.15) is 76.6 Å². The molecule has 1 aromatic rings. The molecule has 0 unspecified atom stereocenters. The predicted molar refractivity (Wildman–Crippen MR) is 137 cm³/mol. The summed E-state index contributed by atoms with van der Waals surface area (Å²) in [5.41, 5.74) is -0.208. The first-order valence-corrected chi connectivity index (χ1v) is 13.0. The summed E-state index contributed by atoms with van der Waals surface area (Å²) in [7, 11) is 0. The van der Waals surface area contributed by atoms with E-state index in [-0.39, 0.29) is 23.6 Å². The molecule has 1 aliphatic rings. The average molecular weight is 535 g/mol. The molecular formula is C27H38N2O9. The molecule has 1 aromatic carbocycles. The van der Waals surface area contributed by atoms with Gasteiger partial charge in [-0.2, -0.15) is 0 Å². The molecule has 0 radical (unpaired) electrons. The van der Waals surface area contributed by atoms with E-state index in [1.807, 2.05) is 13.8 Å². The quantitative estimate of drug-likeness (QED) is 0.120. The molecule has 11 heteroatoms. The molecule has 0 saturated carbocycles. The number of phenolic OH excluding ortho intramolecular Hbond substituents is 1. The number of hydrogen-bond donors (Lipinski definition) is 3. The van der Waals surface area contributed by atoms with Crippen molar-refractivity contribution in [2.45, 2.75) is 84.5 Å². The minimum absolute atomic E-state index is 0.00159. The third kappa shape index (κ3) is 8.74. The zero-order chi connectivity index (χ0) is 28.2. The van der Waals surface area contributed by atoms with Gasteiger partial charge in [0.2, 0.25) is 6.41 Å². The lowest BCUT2D eigenvalue weighted by molar-refractivity contribution is -0.175. The first-order chi connectivity index (χ1) is 18.1. The van der Waals surface area contributed by atoms with Crippen molar-refractivity contribution in [1.82, 2.24) is 5.32 Å². The van der Waals surface area contributed by atoms with Crippen LogP contribution in [-0.4, -0.2) is 60.2 Å². The van der Waals surface area contributed by atoms with Crippen molar-refractivity contribution >= 4 is 35.9 Å². The van der Waals surface area contributed by atoms with Crippen molar-refractivity contribution in [3.05, 3.63) is 23.8 Å². The molecule has 2 rings (SSSR count). The molecule has 0 aromatic heterocycles. The topological polar surface area (TPSA) is 157 Å². The lowest BCUT2D eigenvalue weighted by Crippen LogP contribution is -2.46. The van der Waals surface area contributed by atoms with Gasteiger partial charge in [0, 0.05) is 6.42 Å². The number of unbranched alkanes of at least 4 members (excludes halogenated alkanes) is 3. The SMILES string of the molecule is CCCCCC[C@@H]1C(=O)OC[C@H](NC(=O)c2cccc(NC=O)c2O)C(=O)O[C@@H](C)[C@H]1OC(=O)CC(C)C. The molecule has 1 saturated heterocycles. The van der Waals surface area contributed by atoms with Gasteiger partial charge in [-0.1, -0.05) is 52.5 Å². The number of rotatable bonds is 12. The first-order valence-electron chi connectivity index (χ1n) is 13.0. The summed E-state index contributed by atoms with van der Waals surface area (Å²) in [6, 6.07) is 2.73. The fraction of sp³-hybridized carbons (Fsp3) is 0.593. The van der Waals surface area contributed by atoms with E-state index in [9.17, 15) is 29.1 Å². The molecule has 210 valence electrons. The minimum Gasteiger partial charge on any atom is -0.505 e. The number of esters is 3. The Hall–Kier alpha value is -3.63. The number of amides is 2. The van der Waals surface area contributed by atoms with Crippen molar-refractivity contribution in [2.24, 2.45) is 11.8 Å². The lowest BCUT2D eigenvalue weighted by atomic mass is 9.92. The van der Waals surface area contributed by atoms with E-state index in [1.54, 1.807) is 0 Å². The predicted octanol–water partition coefficient (Wildman–Crippen LogP) is 3.09. The van der Waals surface area contributed by atoms with Crippen LogP contribution in [0.15, 0.2) is 18.2 Å². The fourth-order valence-electron chi connectivity index (χ4n) is 4.16.